The molecule has 0 saturated carbocycles. The number of aromatic nitrogens is 2. The van der Waals surface area contributed by atoms with E-state index < -0.39 is 0 Å². The number of carbonyl (C=O) groups excluding carboxylic acids is 2. The summed E-state index contributed by atoms with van der Waals surface area (Å²) in [5.41, 5.74) is 2.28. The molecule has 0 bridgehead atoms. The second-order valence-electron chi connectivity index (χ2n) is 8.96. The summed E-state index contributed by atoms with van der Waals surface area (Å²) < 4.78 is 0. The van der Waals surface area contributed by atoms with E-state index in [-0.39, 0.29) is 16.6 Å². The topological polar surface area (TPSA) is 78.4 Å². The lowest BCUT2D eigenvalue weighted by Crippen LogP contribution is -2.52. The molecule has 3 aliphatic heterocycles. The van der Waals surface area contributed by atoms with Crippen LogP contribution in [-0.2, 0) is 11.3 Å². The van der Waals surface area contributed by atoms with E-state index in [0.717, 1.165) is 50.9 Å². The second-order valence-corrected chi connectivity index (χ2v) is 9.97. The van der Waals surface area contributed by atoms with E-state index >= 15 is 0 Å². The summed E-state index contributed by atoms with van der Waals surface area (Å²) in [5.74, 6) is 0.339. The number of imide groups is 1. The van der Waals surface area contributed by atoms with Crippen molar-refractivity contribution in [2.75, 3.05) is 31.1 Å². The number of thioether (sulfide) groups is 1. The average molecular weight is 450 g/mol. The molecule has 1 unspecified atom stereocenters. The third-order valence-corrected chi connectivity index (χ3v) is 7.33. The SMILES string of the molecule is O=C1NC(=O)/C(=C\c2ccnc(N3CCCC4(CCCN(Cc5ccccc5)C4)C3)n2)S1. The van der Waals surface area contributed by atoms with Gasteiger partial charge in [-0.15, -0.1) is 0 Å². The first-order valence-electron chi connectivity index (χ1n) is 11.2. The van der Waals surface area contributed by atoms with Crippen LogP contribution in [0.5, 0.6) is 0 Å². The van der Waals surface area contributed by atoms with Crippen molar-refractivity contribution >= 4 is 34.9 Å². The minimum Gasteiger partial charge on any atom is -0.340 e. The number of carbonyl (C=O) groups is 2. The first-order valence-corrected chi connectivity index (χ1v) is 12.0. The van der Waals surface area contributed by atoms with Gasteiger partial charge in [0.15, 0.2) is 0 Å². The highest BCUT2D eigenvalue weighted by Gasteiger charge is 2.39. The Balaban J connectivity index is 1.30. The van der Waals surface area contributed by atoms with Crippen molar-refractivity contribution in [1.29, 1.82) is 0 Å². The fourth-order valence-corrected chi connectivity index (χ4v) is 5.82. The van der Waals surface area contributed by atoms with Gasteiger partial charge in [0, 0.05) is 37.8 Å². The minimum atomic E-state index is -0.363. The fourth-order valence-electron chi connectivity index (χ4n) is 5.15. The maximum Gasteiger partial charge on any atom is 0.290 e. The number of nitrogens with one attached hydrogen (secondary N) is 1. The van der Waals surface area contributed by atoms with E-state index in [4.69, 9.17) is 4.98 Å². The van der Waals surface area contributed by atoms with Crippen LogP contribution in [-0.4, -0.2) is 52.2 Å². The lowest BCUT2D eigenvalue weighted by molar-refractivity contribution is -0.115. The minimum absolute atomic E-state index is 0.261. The van der Waals surface area contributed by atoms with Gasteiger partial charge < -0.3 is 4.90 Å². The van der Waals surface area contributed by atoms with Gasteiger partial charge in [-0.2, -0.15) is 0 Å². The molecule has 1 aromatic carbocycles. The van der Waals surface area contributed by atoms with Crippen LogP contribution in [0.1, 0.15) is 36.9 Å². The van der Waals surface area contributed by atoms with Crippen molar-refractivity contribution in [1.82, 2.24) is 20.2 Å². The van der Waals surface area contributed by atoms with E-state index in [0.29, 0.717) is 16.5 Å². The zero-order chi connectivity index (χ0) is 22.0. The summed E-state index contributed by atoms with van der Waals surface area (Å²) >= 11 is 0.910. The van der Waals surface area contributed by atoms with Crippen molar-refractivity contribution in [3.8, 4) is 0 Å². The molecule has 0 radical (unpaired) electrons. The predicted octanol–water partition coefficient (Wildman–Crippen LogP) is 3.68. The average Bonchev–Trinajstić information content (AvgIpc) is 3.11. The van der Waals surface area contributed by atoms with Gasteiger partial charge in [0.1, 0.15) is 0 Å². The van der Waals surface area contributed by atoms with Crippen LogP contribution < -0.4 is 10.2 Å². The molecule has 2 amide bonds. The zero-order valence-electron chi connectivity index (χ0n) is 18.0. The zero-order valence-corrected chi connectivity index (χ0v) is 18.8. The van der Waals surface area contributed by atoms with Crippen molar-refractivity contribution in [2.24, 2.45) is 5.41 Å². The Kier molecular flexibility index (Phi) is 5.97. The predicted molar refractivity (Wildman–Crippen MR) is 126 cm³/mol. The molecular weight excluding hydrogens is 422 g/mol. The molecule has 1 spiro atoms. The molecule has 3 fully saturated rings. The lowest BCUT2D eigenvalue weighted by atomic mass is 9.73. The number of likely N-dealkylation sites (tertiary alicyclic amines) is 1. The lowest BCUT2D eigenvalue weighted by Gasteiger charge is -2.48. The van der Waals surface area contributed by atoms with Crippen LogP contribution in [0.3, 0.4) is 0 Å². The molecule has 2 aromatic rings. The Hall–Kier alpha value is -2.71. The Morgan fingerprint density at radius 2 is 1.88 bits per heavy atom. The highest BCUT2D eigenvalue weighted by Crippen LogP contribution is 2.39. The van der Waals surface area contributed by atoms with Crippen molar-refractivity contribution in [2.45, 2.75) is 32.2 Å². The maximum atomic E-state index is 11.9. The summed E-state index contributed by atoms with van der Waals surface area (Å²) in [7, 11) is 0. The van der Waals surface area contributed by atoms with Gasteiger partial charge in [-0.05, 0) is 61.7 Å². The Morgan fingerprint density at radius 3 is 2.66 bits per heavy atom. The number of hydrogen-bond acceptors (Lipinski definition) is 7. The van der Waals surface area contributed by atoms with E-state index in [1.54, 1.807) is 18.3 Å². The van der Waals surface area contributed by atoms with Gasteiger partial charge in [0.05, 0.1) is 10.6 Å². The van der Waals surface area contributed by atoms with E-state index in [1.807, 2.05) is 0 Å². The number of hydrogen-bond donors (Lipinski definition) is 1. The van der Waals surface area contributed by atoms with Gasteiger partial charge in [-0.1, -0.05) is 30.3 Å². The highest BCUT2D eigenvalue weighted by atomic mass is 32.2. The van der Waals surface area contributed by atoms with E-state index in [2.05, 4.69) is 50.4 Å². The number of rotatable bonds is 4. The normalized spacial score (nSPS) is 25.5. The molecule has 3 saturated heterocycles. The van der Waals surface area contributed by atoms with E-state index in [9.17, 15) is 9.59 Å². The van der Waals surface area contributed by atoms with Crippen LogP contribution >= 0.6 is 11.8 Å². The Labute approximate surface area is 192 Å². The molecule has 8 heteroatoms. The van der Waals surface area contributed by atoms with Crippen LogP contribution in [0, 0.1) is 5.41 Å². The highest BCUT2D eigenvalue weighted by molar-refractivity contribution is 8.18. The Morgan fingerprint density at radius 1 is 1.06 bits per heavy atom. The summed E-state index contributed by atoms with van der Waals surface area (Å²) in [5, 5.41) is 1.94. The molecule has 7 nitrogen and oxygen atoms in total. The molecular formula is C24H27N5O2S. The number of nitrogens with zero attached hydrogens (tertiary/aromatic N) is 4. The van der Waals surface area contributed by atoms with Gasteiger partial charge in [0.2, 0.25) is 5.95 Å². The summed E-state index contributed by atoms with van der Waals surface area (Å²) in [6, 6.07) is 12.5. The Bertz CT molecular complexity index is 1040. The number of benzene rings is 1. The summed E-state index contributed by atoms with van der Waals surface area (Å²) in [4.78, 5) is 37.8. The molecule has 1 N–H and O–H groups in total. The standard InChI is InChI=1S/C24H27N5O2S/c30-21-20(32-23(31)27-21)14-19-8-11-25-22(26-19)29-13-5-10-24(17-29)9-4-12-28(16-24)15-18-6-2-1-3-7-18/h1-3,6-8,11,14H,4-5,9-10,12-13,15-17H2,(H,27,30,31)/b20-14+. The number of anilines is 1. The number of piperidine rings is 2. The monoisotopic (exact) mass is 449 g/mol. The smallest absolute Gasteiger partial charge is 0.290 e. The molecule has 1 atom stereocenters. The van der Waals surface area contributed by atoms with E-state index in [1.165, 1.54) is 24.8 Å². The summed E-state index contributed by atoms with van der Waals surface area (Å²) in [6.45, 7) is 5.14. The van der Waals surface area contributed by atoms with Crippen molar-refractivity contribution in [3.05, 3.63) is 58.8 Å². The molecule has 166 valence electrons. The van der Waals surface area contributed by atoms with Crippen molar-refractivity contribution in [3.63, 3.8) is 0 Å². The van der Waals surface area contributed by atoms with Crippen LogP contribution in [0.25, 0.3) is 6.08 Å². The molecule has 0 aliphatic carbocycles. The second kappa shape index (κ2) is 9.03. The van der Waals surface area contributed by atoms with Crippen LogP contribution in [0.15, 0.2) is 47.5 Å². The molecule has 32 heavy (non-hydrogen) atoms. The van der Waals surface area contributed by atoms with Gasteiger partial charge in [-0.25, -0.2) is 9.97 Å². The van der Waals surface area contributed by atoms with Crippen LogP contribution in [0.4, 0.5) is 10.7 Å². The summed E-state index contributed by atoms with van der Waals surface area (Å²) in [6.07, 6.45) is 8.21. The number of amides is 2. The van der Waals surface area contributed by atoms with Crippen molar-refractivity contribution < 1.29 is 9.59 Å². The molecule has 1 aromatic heterocycles. The quantitative estimate of drug-likeness (QED) is 0.714. The largest absolute Gasteiger partial charge is 0.340 e. The van der Waals surface area contributed by atoms with Gasteiger partial charge in [-0.3, -0.25) is 19.8 Å². The molecule has 3 aliphatic rings. The maximum absolute atomic E-state index is 11.9. The third-order valence-electron chi connectivity index (χ3n) is 6.52. The van der Waals surface area contributed by atoms with Crippen LogP contribution in [0.2, 0.25) is 0 Å². The first-order chi connectivity index (χ1) is 15.6. The fraction of sp³-hybridized carbons (Fsp3) is 0.417. The third kappa shape index (κ3) is 4.71. The van der Waals surface area contributed by atoms with Gasteiger partial charge in [0.25, 0.3) is 11.1 Å². The molecule has 4 heterocycles. The first kappa shape index (κ1) is 21.2. The molecule has 5 rings (SSSR count). The van der Waals surface area contributed by atoms with Gasteiger partial charge >= 0.3 is 0 Å².